The van der Waals surface area contributed by atoms with Crippen LogP contribution in [0.2, 0.25) is 0 Å². The number of Topliss-reactive ketones (excluding diaryl/α,β-unsaturated/α-hetero) is 1. The van der Waals surface area contributed by atoms with E-state index in [2.05, 4.69) is 15.5 Å². The highest BCUT2D eigenvalue weighted by atomic mass is 32.2. The minimum Gasteiger partial charge on any atom is -0.324 e. The van der Waals surface area contributed by atoms with Gasteiger partial charge in [-0.2, -0.15) is 0 Å². The Bertz CT molecular complexity index is 935. The van der Waals surface area contributed by atoms with Crippen LogP contribution in [0.4, 0.5) is 5.69 Å². The van der Waals surface area contributed by atoms with Crippen LogP contribution in [0, 0.1) is 0 Å². The molecule has 1 unspecified atom stereocenters. The second-order valence-corrected chi connectivity index (χ2v) is 7.95. The largest absolute Gasteiger partial charge is 0.324 e. The zero-order valence-corrected chi connectivity index (χ0v) is 16.2. The Labute approximate surface area is 159 Å². The van der Waals surface area contributed by atoms with Crippen LogP contribution >= 0.6 is 23.1 Å². The van der Waals surface area contributed by atoms with Crippen molar-refractivity contribution in [2.45, 2.75) is 24.3 Å². The zero-order chi connectivity index (χ0) is 18.7. The van der Waals surface area contributed by atoms with Crippen LogP contribution in [0.15, 0.2) is 46.9 Å². The molecule has 3 aromatic rings. The molecule has 1 aromatic carbocycles. The lowest BCUT2D eigenvalue weighted by atomic mass is 10.1. The van der Waals surface area contributed by atoms with Gasteiger partial charge in [-0.15, -0.1) is 21.5 Å². The predicted octanol–water partition coefficient (Wildman–Crippen LogP) is 3.87. The summed E-state index contributed by atoms with van der Waals surface area (Å²) in [7, 11) is 1.88. The number of ketones is 1. The second-order valence-electron chi connectivity index (χ2n) is 5.69. The molecular weight excluding hydrogens is 368 g/mol. The van der Waals surface area contributed by atoms with Gasteiger partial charge < -0.3 is 9.88 Å². The van der Waals surface area contributed by atoms with E-state index in [1.807, 2.05) is 29.1 Å². The number of para-hydroxylation sites is 1. The van der Waals surface area contributed by atoms with Crippen molar-refractivity contribution in [3.63, 3.8) is 0 Å². The first-order valence-corrected chi connectivity index (χ1v) is 9.74. The van der Waals surface area contributed by atoms with Crippen LogP contribution in [0.3, 0.4) is 0 Å². The number of amides is 1. The number of nitrogens with zero attached hydrogens (tertiary/aromatic N) is 3. The molecule has 0 aliphatic heterocycles. The van der Waals surface area contributed by atoms with Gasteiger partial charge in [0.05, 0.1) is 15.8 Å². The maximum Gasteiger partial charge on any atom is 0.237 e. The molecule has 0 fully saturated rings. The third-order valence-electron chi connectivity index (χ3n) is 3.79. The van der Waals surface area contributed by atoms with Crippen LogP contribution in [-0.2, 0) is 11.8 Å². The molecule has 2 aromatic heterocycles. The number of carbonyl (C=O) groups is 2. The molecule has 1 N–H and O–H groups in total. The summed E-state index contributed by atoms with van der Waals surface area (Å²) in [4.78, 5) is 25.3. The van der Waals surface area contributed by atoms with Crippen LogP contribution in [-0.4, -0.2) is 31.7 Å². The molecule has 26 heavy (non-hydrogen) atoms. The van der Waals surface area contributed by atoms with Gasteiger partial charge in [-0.05, 0) is 37.4 Å². The van der Waals surface area contributed by atoms with Crippen LogP contribution in [0.25, 0.3) is 10.7 Å². The average Bonchev–Trinajstić information content (AvgIpc) is 3.25. The number of aromatic nitrogens is 3. The van der Waals surface area contributed by atoms with Crippen molar-refractivity contribution in [2.75, 3.05) is 5.32 Å². The second kappa shape index (κ2) is 7.84. The van der Waals surface area contributed by atoms with E-state index in [4.69, 9.17) is 0 Å². The molecule has 6 nitrogen and oxygen atoms in total. The van der Waals surface area contributed by atoms with Crippen molar-refractivity contribution in [3.05, 3.63) is 47.3 Å². The van der Waals surface area contributed by atoms with Crippen molar-refractivity contribution in [1.82, 2.24) is 14.8 Å². The fourth-order valence-corrected chi connectivity index (χ4v) is 3.94. The molecular formula is C18H18N4O2S2. The summed E-state index contributed by atoms with van der Waals surface area (Å²) < 4.78 is 1.88. The first-order valence-electron chi connectivity index (χ1n) is 7.98. The summed E-state index contributed by atoms with van der Waals surface area (Å²) in [5, 5.41) is 13.5. The van der Waals surface area contributed by atoms with Gasteiger partial charge in [-0.25, -0.2) is 0 Å². The van der Waals surface area contributed by atoms with Crippen LogP contribution in [0.1, 0.15) is 24.2 Å². The molecule has 0 radical (unpaired) electrons. The van der Waals surface area contributed by atoms with Gasteiger partial charge in [0.15, 0.2) is 16.8 Å². The smallest absolute Gasteiger partial charge is 0.237 e. The van der Waals surface area contributed by atoms with E-state index < -0.39 is 5.25 Å². The van der Waals surface area contributed by atoms with Gasteiger partial charge in [-0.1, -0.05) is 30.0 Å². The monoisotopic (exact) mass is 386 g/mol. The van der Waals surface area contributed by atoms with Gasteiger partial charge in [0.25, 0.3) is 0 Å². The average molecular weight is 387 g/mol. The van der Waals surface area contributed by atoms with Crippen molar-refractivity contribution in [3.8, 4) is 10.7 Å². The van der Waals surface area contributed by atoms with Crippen molar-refractivity contribution in [1.29, 1.82) is 0 Å². The lowest BCUT2D eigenvalue weighted by Crippen LogP contribution is -2.23. The summed E-state index contributed by atoms with van der Waals surface area (Å²) in [5.41, 5.74) is 1.02. The number of anilines is 1. The molecule has 8 heteroatoms. The zero-order valence-electron chi connectivity index (χ0n) is 14.6. The van der Waals surface area contributed by atoms with Crippen LogP contribution < -0.4 is 5.32 Å². The fourth-order valence-electron chi connectivity index (χ4n) is 2.38. The molecule has 1 atom stereocenters. The Kier molecular flexibility index (Phi) is 5.53. The van der Waals surface area contributed by atoms with E-state index in [1.165, 1.54) is 18.7 Å². The lowest BCUT2D eigenvalue weighted by Gasteiger charge is -2.13. The number of benzene rings is 1. The van der Waals surface area contributed by atoms with E-state index in [1.54, 1.807) is 42.5 Å². The molecule has 2 heterocycles. The highest BCUT2D eigenvalue weighted by Crippen LogP contribution is 2.28. The summed E-state index contributed by atoms with van der Waals surface area (Å²) in [6, 6.07) is 10.9. The summed E-state index contributed by atoms with van der Waals surface area (Å²) >= 11 is 2.92. The van der Waals surface area contributed by atoms with Gasteiger partial charge in [0.1, 0.15) is 0 Å². The van der Waals surface area contributed by atoms with Gasteiger partial charge in [0, 0.05) is 12.6 Å². The Balaban J connectivity index is 1.72. The topological polar surface area (TPSA) is 76.9 Å². The van der Waals surface area contributed by atoms with E-state index >= 15 is 0 Å². The predicted molar refractivity (Wildman–Crippen MR) is 105 cm³/mol. The molecule has 1 amide bonds. The van der Waals surface area contributed by atoms with Crippen molar-refractivity contribution in [2.24, 2.45) is 7.05 Å². The number of nitrogens with one attached hydrogen (secondary N) is 1. The maximum atomic E-state index is 12.5. The van der Waals surface area contributed by atoms with Gasteiger partial charge in [-0.3, -0.25) is 9.59 Å². The first kappa shape index (κ1) is 18.3. The Morgan fingerprint density at radius 1 is 1.19 bits per heavy atom. The highest BCUT2D eigenvalue weighted by Gasteiger charge is 2.20. The van der Waals surface area contributed by atoms with Gasteiger partial charge >= 0.3 is 0 Å². The minimum absolute atomic E-state index is 0.0879. The molecule has 134 valence electrons. The quantitative estimate of drug-likeness (QED) is 0.514. The van der Waals surface area contributed by atoms with Gasteiger partial charge in [0.2, 0.25) is 5.91 Å². The fraction of sp³-hybridized carbons (Fsp3) is 0.222. The van der Waals surface area contributed by atoms with E-state index in [-0.39, 0.29) is 11.7 Å². The number of rotatable bonds is 6. The molecule has 0 aliphatic rings. The Hall–Kier alpha value is -2.45. The van der Waals surface area contributed by atoms with E-state index in [9.17, 15) is 9.59 Å². The SMILES string of the molecule is CC(=O)c1ccccc1NC(=O)C(C)Sc1nnc(-c2cccs2)n1C. The number of thioether (sulfide) groups is 1. The highest BCUT2D eigenvalue weighted by molar-refractivity contribution is 8.00. The standard InChI is InChI=1S/C18H18N4O2S2/c1-11(23)13-7-4-5-8-14(13)19-17(24)12(2)26-18-21-20-16(22(18)3)15-9-6-10-25-15/h4-10,12H,1-3H3,(H,19,24). The summed E-state index contributed by atoms with van der Waals surface area (Å²) in [6.45, 7) is 3.28. The van der Waals surface area contributed by atoms with Crippen molar-refractivity contribution >= 4 is 40.5 Å². The number of carbonyl (C=O) groups excluding carboxylic acids is 2. The van der Waals surface area contributed by atoms with Crippen molar-refractivity contribution < 1.29 is 9.59 Å². The summed E-state index contributed by atoms with van der Waals surface area (Å²) in [6.07, 6.45) is 0. The van der Waals surface area contributed by atoms with Crippen LogP contribution in [0.5, 0.6) is 0 Å². The molecule has 3 rings (SSSR count). The molecule has 0 spiro atoms. The lowest BCUT2D eigenvalue weighted by molar-refractivity contribution is -0.115. The molecule has 0 saturated carbocycles. The number of hydrogen-bond donors (Lipinski definition) is 1. The third kappa shape index (κ3) is 3.86. The maximum absolute atomic E-state index is 12.5. The molecule has 0 bridgehead atoms. The Morgan fingerprint density at radius 3 is 2.65 bits per heavy atom. The Morgan fingerprint density at radius 2 is 1.96 bits per heavy atom. The number of hydrogen-bond acceptors (Lipinski definition) is 6. The molecule has 0 aliphatic carbocycles. The molecule has 0 saturated heterocycles. The number of thiophene rings is 1. The summed E-state index contributed by atoms with van der Waals surface area (Å²) in [5.74, 6) is 0.497. The van der Waals surface area contributed by atoms with E-state index in [0.717, 1.165) is 10.7 Å². The first-order chi connectivity index (χ1) is 12.5. The minimum atomic E-state index is -0.394. The third-order valence-corrected chi connectivity index (χ3v) is 5.79. The van der Waals surface area contributed by atoms with E-state index in [0.29, 0.717) is 16.4 Å². The normalized spacial score (nSPS) is 12.0.